The van der Waals surface area contributed by atoms with Gasteiger partial charge in [0, 0.05) is 6.54 Å². The number of nitrogens with one attached hydrogen (secondary N) is 1. The van der Waals surface area contributed by atoms with Crippen molar-refractivity contribution >= 4 is 5.95 Å². The Morgan fingerprint density at radius 2 is 1.67 bits per heavy atom. The molecule has 1 aromatic heterocycles. The van der Waals surface area contributed by atoms with Crippen molar-refractivity contribution in [2.45, 2.75) is 31.3 Å². The highest BCUT2D eigenvalue weighted by Gasteiger charge is 2.31. The monoisotopic (exact) mass is 254 g/mol. The number of methoxy groups -OCH3 is 2. The third-order valence-corrected chi connectivity index (χ3v) is 3.07. The molecule has 7 nitrogen and oxygen atoms in total. The molecule has 0 spiro atoms. The number of aromatic nitrogens is 3. The van der Waals surface area contributed by atoms with E-state index >= 15 is 0 Å². The standard InChI is InChI=1S/C11H18N4O3/c1-17-9-13-8(14-10(15-9)18-2)12-7-11(16)5-3-4-6-11/h16H,3-7H2,1-2H3,(H,12,13,14,15). The van der Waals surface area contributed by atoms with E-state index in [4.69, 9.17) is 9.47 Å². The van der Waals surface area contributed by atoms with Gasteiger partial charge in [0.25, 0.3) is 0 Å². The minimum atomic E-state index is -0.660. The molecule has 1 saturated carbocycles. The van der Waals surface area contributed by atoms with Crippen LogP contribution in [0.15, 0.2) is 0 Å². The van der Waals surface area contributed by atoms with E-state index in [1.807, 2.05) is 0 Å². The lowest BCUT2D eigenvalue weighted by Gasteiger charge is -2.22. The molecule has 1 heterocycles. The van der Waals surface area contributed by atoms with Gasteiger partial charge in [-0.15, -0.1) is 4.98 Å². The van der Waals surface area contributed by atoms with Crippen LogP contribution in [0, 0.1) is 0 Å². The maximum Gasteiger partial charge on any atom is 0.324 e. The van der Waals surface area contributed by atoms with Gasteiger partial charge in [-0.2, -0.15) is 9.97 Å². The summed E-state index contributed by atoms with van der Waals surface area (Å²) in [5.74, 6) is 0.346. The van der Waals surface area contributed by atoms with Gasteiger partial charge in [0.15, 0.2) is 0 Å². The zero-order valence-corrected chi connectivity index (χ0v) is 10.6. The zero-order chi connectivity index (χ0) is 13.0. The summed E-state index contributed by atoms with van der Waals surface area (Å²) in [6, 6.07) is 0.366. The van der Waals surface area contributed by atoms with Crippen LogP contribution in [0.3, 0.4) is 0 Å². The van der Waals surface area contributed by atoms with Crippen LogP contribution in [-0.2, 0) is 0 Å². The first-order chi connectivity index (χ1) is 8.65. The largest absolute Gasteiger partial charge is 0.467 e. The van der Waals surface area contributed by atoms with Gasteiger partial charge >= 0.3 is 12.0 Å². The van der Waals surface area contributed by atoms with Crippen LogP contribution in [0.1, 0.15) is 25.7 Å². The van der Waals surface area contributed by atoms with Gasteiger partial charge in [-0.1, -0.05) is 12.8 Å². The summed E-state index contributed by atoms with van der Waals surface area (Å²) in [7, 11) is 2.95. The lowest BCUT2D eigenvalue weighted by Crippen LogP contribution is -2.34. The molecule has 7 heteroatoms. The molecule has 1 aliphatic rings. The second-order valence-corrected chi connectivity index (χ2v) is 4.42. The first kappa shape index (κ1) is 12.8. The van der Waals surface area contributed by atoms with Gasteiger partial charge in [0.1, 0.15) is 0 Å². The Morgan fingerprint density at radius 1 is 1.11 bits per heavy atom. The van der Waals surface area contributed by atoms with Crippen LogP contribution >= 0.6 is 0 Å². The van der Waals surface area contributed by atoms with Crippen LogP contribution in [0.25, 0.3) is 0 Å². The van der Waals surface area contributed by atoms with Gasteiger partial charge in [0.05, 0.1) is 19.8 Å². The molecular formula is C11H18N4O3. The van der Waals surface area contributed by atoms with Crippen LogP contribution in [0.4, 0.5) is 5.95 Å². The first-order valence-corrected chi connectivity index (χ1v) is 5.95. The molecule has 18 heavy (non-hydrogen) atoms. The molecule has 0 amide bonds. The van der Waals surface area contributed by atoms with E-state index in [0.29, 0.717) is 12.5 Å². The maximum absolute atomic E-state index is 10.2. The van der Waals surface area contributed by atoms with E-state index in [1.165, 1.54) is 14.2 Å². The highest BCUT2D eigenvalue weighted by molar-refractivity contribution is 5.28. The third-order valence-electron chi connectivity index (χ3n) is 3.07. The molecule has 0 unspecified atom stereocenters. The van der Waals surface area contributed by atoms with Crippen LogP contribution in [0.2, 0.25) is 0 Å². The highest BCUT2D eigenvalue weighted by atomic mass is 16.5. The van der Waals surface area contributed by atoms with E-state index in [-0.39, 0.29) is 12.0 Å². The van der Waals surface area contributed by atoms with Crippen molar-refractivity contribution in [1.82, 2.24) is 15.0 Å². The maximum atomic E-state index is 10.2. The first-order valence-electron chi connectivity index (χ1n) is 5.95. The number of hydrogen-bond donors (Lipinski definition) is 2. The topological polar surface area (TPSA) is 89.4 Å². The Kier molecular flexibility index (Phi) is 3.81. The fourth-order valence-electron chi connectivity index (χ4n) is 2.05. The fraction of sp³-hybridized carbons (Fsp3) is 0.727. The van der Waals surface area contributed by atoms with Gasteiger partial charge in [0.2, 0.25) is 5.95 Å². The van der Waals surface area contributed by atoms with Crippen molar-refractivity contribution in [3.8, 4) is 12.0 Å². The lowest BCUT2D eigenvalue weighted by molar-refractivity contribution is 0.0612. The summed E-state index contributed by atoms with van der Waals surface area (Å²) in [5.41, 5.74) is -0.660. The molecule has 0 bridgehead atoms. The molecule has 2 N–H and O–H groups in total. The Balaban J connectivity index is 2.04. The van der Waals surface area contributed by atoms with E-state index < -0.39 is 5.60 Å². The molecule has 0 aliphatic heterocycles. The van der Waals surface area contributed by atoms with E-state index in [9.17, 15) is 5.11 Å². The fourth-order valence-corrected chi connectivity index (χ4v) is 2.05. The van der Waals surface area contributed by atoms with E-state index in [1.54, 1.807) is 0 Å². The molecular weight excluding hydrogens is 236 g/mol. The van der Waals surface area contributed by atoms with E-state index in [2.05, 4.69) is 20.3 Å². The smallest absolute Gasteiger partial charge is 0.324 e. The number of nitrogens with zero attached hydrogens (tertiary/aromatic N) is 3. The minimum Gasteiger partial charge on any atom is -0.467 e. The van der Waals surface area contributed by atoms with Crippen molar-refractivity contribution in [2.24, 2.45) is 0 Å². The molecule has 1 aromatic rings. The molecule has 1 aliphatic carbocycles. The normalized spacial score (nSPS) is 17.5. The van der Waals surface area contributed by atoms with Crippen LogP contribution in [0.5, 0.6) is 12.0 Å². The third kappa shape index (κ3) is 2.98. The van der Waals surface area contributed by atoms with Gasteiger partial charge in [-0.05, 0) is 12.8 Å². The molecule has 0 saturated heterocycles. The SMILES string of the molecule is COc1nc(NCC2(O)CCCC2)nc(OC)n1. The van der Waals surface area contributed by atoms with Crippen molar-refractivity contribution in [3.63, 3.8) is 0 Å². The quantitative estimate of drug-likeness (QED) is 0.795. The Bertz CT molecular complexity index is 385. The lowest BCUT2D eigenvalue weighted by atomic mass is 10.0. The molecule has 100 valence electrons. The summed E-state index contributed by atoms with van der Waals surface area (Å²) in [6.45, 7) is 0.420. The number of rotatable bonds is 5. The van der Waals surface area contributed by atoms with Gasteiger partial charge in [-0.3, -0.25) is 0 Å². The predicted octanol–water partition coefficient (Wildman–Crippen LogP) is 0.606. The average molecular weight is 254 g/mol. The van der Waals surface area contributed by atoms with Crippen molar-refractivity contribution < 1.29 is 14.6 Å². The Hall–Kier alpha value is -1.63. The van der Waals surface area contributed by atoms with Crippen molar-refractivity contribution in [3.05, 3.63) is 0 Å². The van der Waals surface area contributed by atoms with E-state index in [0.717, 1.165) is 25.7 Å². The van der Waals surface area contributed by atoms with Gasteiger partial charge in [-0.25, -0.2) is 0 Å². The van der Waals surface area contributed by atoms with Crippen molar-refractivity contribution in [2.75, 3.05) is 26.1 Å². The Morgan fingerprint density at radius 3 is 2.17 bits per heavy atom. The number of anilines is 1. The molecule has 2 rings (SSSR count). The van der Waals surface area contributed by atoms with Crippen LogP contribution in [-0.4, -0.2) is 46.4 Å². The number of ether oxygens (including phenoxy) is 2. The second-order valence-electron chi connectivity index (χ2n) is 4.42. The summed E-state index contributed by atoms with van der Waals surface area (Å²) >= 11 is 0. The summed E-state index contributed by atoms with van der Waals surface area (Å²) in [5, 5.41) is 13.2. The number of aliphatic hydroxyl groups is 1. The Labute approximate surface area is 106 Å². The predicted molar refractivity (Wildman–Crippen MR) is 64.8 cm³/mol. The molecule has 0 radical (unpaired) electrons. The summed E-state index contributed by atoms with van der Waals surface area (Å²) in [4.78, 5) is 12.0. The highest BCUT2D eigenvalue weighted by Crippen LogP contribution is 2.29. The summed E-state index contributed by atoms with van der Waals surface area (Å²) < 4.78 is 9.90. The summed E-state index contributed by atoms with van der Waals surface area (Å²) in [6.07, 6.45) is 3.72. The number of hydrogen-bond acceptors (Lipinski definition) is 7. The zero-order valence-electron chi connectivity index (χ0n) is 10.6. The molecule has 0 atom stereocenters. The molecule has 0 aromatic carbocycles. The average Bonchev–Trinajstić information content (AvgIpc) is 2.83. The van der Waals surface area contributed by atoms with Gasteiger partial charge < -0.3 is 19.9 Å². The van der Waals surface area contributed by atoms with Crippen molar-refractivity contribution in [1.29, 1.82) is 0 Å². The van der Waals surface area contributed by atoms with Crippen LogP contribution < -0.4 is 14.8 Å². The second kappa shape index (κ2) is 5.34. The molecule has 1 fully saturated rings. The minimum absolute atomic E-state index is 0.183.